The Morgan fingerprint density at radius 3 is 2.36 bits per heavy atom. The molecule has 130 valence electrons. The van der Waals surface area contributed by atoms with E-state index >= 15 is 0 Å². The zero-order chi connectivity index (χ0) is 18.4. The van der Waals surface area contributed by atoms with Gasteiger partial charge in [0.1, 0.15) is 12.7 Å². The van der Waals surface area contributed by atoms with Gasteiger partial charge in [-0.2, -0.15) is 4.57 Å². The number of nitrogens with zero attached hydrogens (tertiary/aromatic N) is 1. The van der Waals surface area contributed by atoms with Crippen molar-refractivity contribution in [2.24, 2.45) is 7.05 Å². The number of aryl methyl sites for hydroxylation is 3. The summed E-state index contributed by atoms with van der Waals surface area (Å²) in [5, 5.41) is 1.13. The van der Waals surface area contributed by atoms with Crippen LogP contribution in [0.15, 0.2) is 42.5 Å². The highest BCUT2D eigenvalue weighted by molar-refractivity contribution is 5.82. The van der Waals surface area contributed by atoms with Crippen LogP contribution in [-0.4, -0.2) is 5.67 Å². The summed E-state index contributed by atoms with van der Waals surface area (Å²) in [6.45, 7) is 9.74. The predicted molar refractivity (Wildman–Crippen MR) is 104 cm³/mol. The zero-order valence-electron chi connectivity index (χ0n) is 16.1. The van der Waals surface area contributed by atoms with Gasteiger partial charge in [-0.05, 0) is 63.4 Å². The highest BCUT2D eigenvalue weighted by atomic mass is 19.1. The highest BCUT2D eigenvalue weighted by Gasteiger charge is 2.24. The molecule has 0 saturated carbocycles. The topological polar surface area (TPSA) is 3.88 Å². The standard InChI is InChI=1S/C23H27FN/c1-15-11-16(2)17(3)20(12-15)22-13-18(14-23(4,5)24)19-9-7-8-10-21(19)25(22)6/h7-13H,14H2,1-6H3/q+1. The normalized spacial score (nSPS) is 12.0. The molecule has 1 nitrogen and oxygen atoms in total. The van der Waals surface area contributed by atoms with Gasteiger partial charge in [-0.1, -0.05) is 23.8 Å². The van der Waals surface area contributed by atoms with Crippen LogP contribution in [0.5, 0.6) is 0 Å². The van der Waals surface area contributed by atoms with Gasteiger partial charge in [0.2, 0.25) is 11.2 Å². The number of alkyl halides is 1. The van der Waals surface area contributed by atoms with Crippen LogP contribution >= 0.6 is 0 Å². The summed E-state index contributed by atoms with van der Waals surface area (Å²) in [7, 11) is 2.10. The molecule has 0 saturated heterocycles. The van der Waals surface area contributed by atoms with Crippen LogP contribution in [0, 0.1) is 20.8 Å². The number of hydrogen-bond donors (Lipinski definition) is 0. The number of para-hydroxylation sites is 1. The highest BCUT2D eigenvalue weighted by Crippen LogP contribution is 2.30. The van der Waals surface area contributed by atoms with Crippen molar-refractivity contribution in [2.45, 2.75) is 46.7 Å². The molecule has 1 heterocycles. The second-order valence-electron chi connectivity index (χ2n) is 7.78. The van der Waals surface area contributed by atoms with Crippen LogP contribution in [0.1, 0.15) is 36.1 Å². The van der Waals surface area contributed by atoms with Gasteiger partial charge in [0, 0.05) is 29.5 Å². The van der Waals surface area contributed by atoms with E-state index in [0.29, 0.717) is 6.42 Å². The first-order valence-electron chi connectivity index (χ1n) is 8.85. The Morgan fingerprint density at radius 2 is 1.68 bits per heavy atom. The van der Waals surface area contributed by atoms with Gasteiger partial charge in [0.25, 0.3) is 0 Å². The molecule has 0 radical (unpaired) electrons. The maximum atomic E-state index is 14.4. The molecule has 0 aliphatic heterocycles. The zero-order valence-corrected chi connectivity index (χ0v) is 16.1. The van der Waals surface area contributed by atoms with E-state index in [1.807, 2.05) is 12.1 Å². The van der Waals surface area contributed by atoms with E-state index in [2.05, 4.69) is 62.7 Å². The van der Waals surface area contributed by atoms with Crippen LogP contribution in [0.3, 0.4) is 0 Å². The SMILES string of the molecule is Cc1cc(C)c(C)c(-c2cc(CC(C)(C)F)c3ccccc3[n+]2C)c1. The van der Waals surface area contributed by atoms with E-state index in [1.54, 1.807) is 13.8 Å². The molecular weight excluding hydrogens is 309 g/mol. The first-order valence-corrected chi connectivity index (χ1v) is 8.85. The fraction of sp³-hybridized carbons (Fsp3) is 0.348. The van der Waals surface area contributed by atoms with Crippen LogP contribution in [0.4, 0.5) is 4.39 Å². The van der Waals surface area contributed by atoms with Gasteiger partial charge in [0.05, 0.1) is 0 Å². The van der Waals surface area contributed by atoms with Crippen molar-refractivity contribution in [1.29, 1.82) is 0 Å². The fourth-order valence-electron chi connectivity index (χ4n) is 3.67. The lowest BCUT2D eigenvalue weighted by atomic mass is 9.92. The summed E-state index contributed by atoms with van der Waals surface area (Å²) in [5.74, 6) is 0. The first kappa shape index (κ1) is 17.6. The van der Waals surface area contributed by atoms with Gasteiger partial charge in [-0.3, -0.25) is 0 Å². The monoisotopic (exact) mass is 336 g/mol. The van der Waals surface area contributed by atoms with Crippen molar-refractivity contribution >= 4 is 10.9 Å². The summed E-state index contributed by atoms with van der Waals surface area (Å²) in [6.07, 6.45) is 0.408. The molecule has 3 rings (SSSR count). The molecule has 0 N–H and O–H groups in total. The number of hydrogen-bond acceptors (Lipinski definition) is 0. The van der Waals surface area contributed by atoms with Gasteiger partial charge < -0.3 is 0 Å². The van der Waals surface area contributed by atoms with Crippen molar-refractivity contribution in [2.75, 3.05) is 0 Å². The molecule has 0 fully saturated rings. The third-order valence-corrected chi connectivity index (χ3v) is 4.98. The minimum Gasteiger partial charge on any atom is -0.244 e. The van der Waals surface area contributed by atoms with Crippen LogP contribution < -0.4 is 4.57 Å². The van der Waals surface area contributed by atoms with E-state index < -0.39 is 5.67 Å². The first-order chi connectivity index (χ1) is 11.7. The maximum Gasteiger partial charge on any atom is 0.213 e. The molecular formula is C23H27FN+. The Bertz CT molecular complexity index is 948. The van der Waals surface area contributed by atoms with Crippen molar-refractivity contribution in [1.82, 2.24) is 0 Å². The molecule has 0 aliphatic rings. The number of pyridine rings is 1. The van der Waals surface area contributed by atoms with Crippen LogP contribution in [0.25, 0.3) is 22.2 Å². The lowest BCUT2D eigenvalue weighted by Crippen LogP contribution is -2.33. The Balaban J connectivity index is 2.35. The number of fused-ring (bicyclic) bond motifs is 1. The summed E-state index contributed by atoms with van der Waals surface area (Å²) in [5.41, 5.74) is 7.15. The van der Waals surface area contributed by atoms with Crippen molar-refractivity contribution in [3.8, 4) is 11.3 Å². The second kappa shape index (κ2) is 6.25. The van der Waals surface area contributed by atoms with E-state index in [-0.39, 0.29) is 0 Å². The number of benzene rings is 2. The average Bonchev–Trinajstić information content (AvgIpc) is 2.52. The molecule has 0 amide bonds. The minimum absolute atomic E-state index is 0.408. The molecule has 2 aromatic carbocycles. The van der Waals surface area contributed by atoms with Gasteiger partial charge in [0.15, 0.2) is 0 Å². The maximum absolute atomic E-state index is 14.4. The van der Waals surface area contributed by atoms with E-state index in [4.69, 9.17) is 0 Å². The van der Waals surface area contributed by atoms with Gasteiger partial charge in [-0.15, -0.1) is 0 Å². The number of rotatable bonds is 3. The molecule has 0 atom stereocenters. The summed E-state index contributed by atoms with van der Waals surface area (Å²) >= 11 is 0. The fourth-order valence-corrected chi connectivity index (χ4v) is 3.67. The Kier molecular flexibility index (Phi) is 4.40. The number of halogens is 1. The van der Waals surface area contributed by atoms with E-state index in [9.17, 15) is 4.39 Å². The summed E-state index contributed by atoms with van der Waals surface area (Å²) in [6, 6.07) is 14.9. The Morgan fingerprint density at radius 1 is 1.00 bits per heavy atom. The van der Waals surface area contributed by atoms with Crippen LogP contribution in [0.2, 0.25) is 0 Å². The Hall–Kier alpha value is -2.22. The molecule has 0 spiro atoms. The molecule has 1 aromatic heterocycles. The average molecular weight is 336 g/mol. The molecule has 2 heteroatoms. The van der Waals surface area contributed by atoms with Gasteiger partial charge >= 0.3 is 0 Å². The van der Waals surface area contributed by atoms with Crippen molar-refractivity contribution in [3.05, 3.63) is 64.7 Å². The lowest BCUT2D eigenvalue weighted by molar-refractivity contribution is -0.633. The third kappa shape index (κ3) is 3.44. The van der Waals surface area contributed by atoms with Crippen molar-refractivity contribution < 1.29 is 8.96 Å². The minimum atomic E-state index is -1.24. The molecule has 0 bridgehead atoms. The molecule has 0 aliphatic carbocycles. The third-order valence-electron chi connectivity index (χ3n) is 4.98. The largest absolute Gasteiger partial charge is 0.244 e. The van der Waals surface area contributed by atoms with E-state index in [1.165, 1.54) is 22.3 Å². The summed E-state index contributed by atoms with van der Waals surface area (Å²) in [4.78, 5) is 0. The van der Waals surface area contributed by atoms with Crippen molar-refractivity contribution in [3.63, 3.8) is 0 Å². The molecule has 25 heavy (non-hydrogen) atoms. The molecule has 0 unspecified atom stereocenters. The quantitative estimate of drug-likeness (QED) is 0.552. The molecule has 3 aromatic rings. The summed E-state index contributed by atoms with van der Waals surface area (Å²) < 4.78 is 16.7. The van der Waals surface area contributed by atoms with Gasteiger partial charge in [-0.25, -0.2) is 4.39 Å². The predicted octanol–water partition coefficient (Wildman–Crippen LogP) is 5.55. The lowest BCUT2D eigenvalue weighted by Gasteiger charge is -2.17. The second-order valence-corrected chi connectivity index (χ2v) is 7.78. The number of aromatic nitrogens is 1. The van der Waals surface area contributed by atoms with E-state index in [0.717, 1.165) is 22.2 Å². The smallest absolute Gasteiger partial charge is 0.213 e. The Labute approximate surface area is 150 Å². The van der Waals surface area contributed by atoms with Crippen LogP contribution in [-0.2, 0) is 13.5 Å².